The van der Waals surface area contributed by atoms with E-state index in [0.717, 1.165) is 6.42 Å². The number of nitrogens with one attached hydrogen (secondary N) is 2. The Hall–Kier alpha value is -4.02. The monoisotopic (exact) mass is 495 g/mol. The fraction of sp³-hybridized carbons (Fsp3) is 0.160. The van der Waals surface area contributed by atoms with Crippen LogP contribution in [0.25, 0.3) is 0 Å². The highest BCUT2D eigenvalue weighted by atomic mass is 32.2. The second-order valence-electron chi connectivity index (χ2n) is 7.26. The van der Waals surface area contributed by atoms with Crippen molar-refractivity contribution in [1.82, 2.24) is 10.1 Å². The van der Waals surface area contributed by atoms with E-state index in [1.165, 1.54) is 18.3 Å². The van der Waals surface area contributed by atoms with Gasteiger partial charge in [0.15, 0.2) is 0 Å². The van der Waals surface area contributed by atoms with Crippen molar-refractivity contribution in [3.8, 4) is 11.5 Å². The number of carbonyl (C=O) groups excluding carboxylic acids is 2. The third kappa shape index (κ3) is 8.05. The van der Waals surface area contributed by atoms with Crippen molar-refractivity contribution >= 4 is 28.1 Å². The van der Waals surface area contributed by atoms with Crippen LogP contribution in [-0.2, 0) is 14.8 Å². The van der Waals surface area contributed by atoms with Crippen LogP contribution in [0.2, 0.25) is 0 Å². The first kappa shape index (κ1) is 25.6. The van der Waals surface area contributed by atoms with E-state index in [0.29, 0.717) is 29.2 Å². The van der Waals surface area contributed by atoms with Crippen LogP contribution in [-0.4, -0.2) is 39.7 Å². The third-order valence-electron chi connectivity index (χ3n) is 4.53. The lowest BCUT2D eigenvalue weighted by Crippen LogP contribution is -2.34. The first-order valence-corrected chi connectivity index (χ1v) is 12.3. The molecule has 9 nitrogen and oxygen atoms in total. The number of hydrogen-bond acceptors (Lipinski definition) is 7. The molecule has 0 aromatic heterocycles. The minimum atomic E-state index is -3.78. The van der Waals surface area contributed by atoms with Crippen LogP contribution in [0.5, 0.6) is 11.5 Å². The molecular weight excluding hydrogens is 470 g/mol. The SMILES string of the molecule is CCCOc1ccc(C(=O)Oc2ccc(/C=N/NC(=O)CNS(=O)(=O)c3ccccc3)cc2)cc1. The number of esters is 1. The molecule has 0 radical (unpaired) electrons. The van der Waals surface area contributed by atoms with Crippen molar-refractivity contribution in [2.24, 2.45) is 5.10 Å². The van der Waals surface area contributed by atoms with E-state index in [9.17, 15) is 18.0 Å². The summed E-state index contributed by atoms with van der Waals surface area (Å²) in [6, 6.07) is 20.9. The van der Waals surface area contributed by atoms with Gasteiger partial charge in [0, 0.05) is 0 Å². The van der Waals surface area contributed by atoms with Gasteiger partial charge in [0.2, 0.25) is 10.0 Å². The number of carbonyl (C=O) groups is 2. The Morgan fingerprint density at radius 1 is 0.914 bits per heavy atom. The van der Waals surface area contributed by atoms with Crippen molar-refractivity contribution < 1.29 is 27.5 Å². The summed E-state index contributed by atoms with van der Waals surface area (Å²) in [5.41, 5.74) is 3.27. The average Bonchev–Trinajstić information content (AvgIpc) is 2.88. The predicted octanol–water partition coefficient (Wildman–Crippen LogP) is 3.12. The van der Waals surface area contributed by atoms with Gasteiger partial charge in [-0.3, -0.25) is 4.79 Å². The van der Waals surface area contributed by atoms with Gasteiger partial charge in [0.25, 0.3) is 5.91 Å². The highest BCUT2D eigenvalue weighted by molar-refractivity contribution is 7.89. The van der Waals surface area contributed by atoms with E-state index in [2.05, 4.69) is 15.2 Å². The normalized spacial score (nSPS) is 11.2. The number of ether oxygens (including phenoxy) is 2. The standard InChI is InChI=1S/C25H25N3O6S/c1-2-16-33-21-14-10-20(11-15-21)25(30)34-22-12-8-19(9-13-22)17-26-28-24(29)18-27-35(31,32)23-6-4-3-5-7-23/h3-15,17,27H,2,16,18H2,1H3,(H,28,29)/b26-17+. The molecule has 2 N–H and O–H groups in total. The summed E-state index contributed by atoms with van der Waals surface area (Å²) in [5.74, 6) is -0.0957. The van der Waals surface area contributed by atoms with Gasteiger partial charge in [-0.2, -0.15) is 5.10 Å². The van der Waals surface area contributed by atoms with Gasteiger partial charge in [-0.15, -0.1) is 0 Å². The number of sulfonamides is 1. The molecule has 3 aromatic carbocycles. The van der Waals surface area contributed by atoms with Crippen LogP contribution in [0, 0.1) is 0 Å². The molecule has 0 atom stereocenters. The number of amides is 1. The van der Waals surface area contributed by atoms with E-state index < -0.39 is 28.4 Å². The molecule has 3 aromatic rings. The topological polar surface area (TPSA) is 123 Å². The molecule has 3 rings (SSSR count). The number of benzene rings is 3. The molecule has 0 fully saturated rings. The molecule has 0 aliphatic heterocycles. The van der Waals surface area contributed by atoms with Crippen LogP contribution >= 0.6 is 0 Å². The molecule has 0 aliphatic rings. The fourth-order valence-electron chi connectivity index (χ4n) is 2.76. The fourth-order valence-corrected chi connectivity index (χ4v) is 3.76. The van der Waals surface area contributed by atoms with Crippen molar-refractivity contribution in [3.05, 3.63) is 90.0 Å². The minimum absolute atomic E-state index is 0.0649. The highest BCUT2D eigenvalue weighted by Crippen LogP contribution is 2.16. The Kier molecular flexibility index (Phi) is 9.10. The van der Waals surface area contributed by atoms with Crippen LogP contribution in [0.3, 0.4) is 0 Å². The Bertz CT molecular complexity index is 1260. The van der Waals surface area contributed by atoms with Crippen LogP contribution < -0.4 is 19.6 Å². The van der Waals surface area contributed by atoms with Gasteiger partial charge >= 0.3 is 5.97 Å². The maximum atomic E-state index is 12.3. The Balaban J connectivity index is 1.46. The molecule has 0 heterocycles. The quantitative estimate of drug-likeness (QED) is 0.182. The molecular formula is C25H25N3O6S. The minimum Gasteiger partial charge on any atom is -0.494 e. The lowest BCUT2D eigenvalue weighted by atomic mass is 10.2. The van der Waals surface area contributed by atoms with Gasteiger partial charge in [-0.05, 0) is 72.6 Å². The van der Waals surface area contributed by atoms with Gasteiger partial charge in [0.05, 0.1) is 29.8 Å². The van der Waals surface area contributed by atoms with Gasteiger partial charge < -0.3 is 9.47 Å². The Morgan fingerprint density at radius 2 is 1.57 bits per heavy atom. The highest BCUT2D eigenvalue weighted by Gasteiger charge is 2.14. The summed E-state index contributed by atoms with van der Waals surface area (Å²) in [6.45, 7) is 2.16. The first-order valence-electron chi connectivity index (χ1n) is 10.8. The predicted molar refractivity (Wildman–Crippen MR) is 131 cm³/mol. The maximum absolute atomic E-state index is 12.3. The third-order valence-corrected chi connectivity index (χ3v) is 5.95. The number of rotatable bonds is 11. The van der Waals surface area contributed by atoms with E-state index in [1.807, 2.05) is 6.92 Å². The van der Waals surface area contributed by atoms with E-state index in [4.69, 9.17) is 9.47 Å². The zero-order valence-electron chi connectivity index (χ0n) is 19.0. The summed E-state index contributed by atoms with van der Waals surface area (Å²) in [7, 11) is -3.78. The molecule has 0 bridgehead atoms. The van der Waals surface area contributed by atoms with Crippen LogP contribution in [0.15, 0.2) is 88.9 Å². The van der Waals surface area contributed by atoms with Crippen LogP contribution in [0.4, 0.5) is 0 Å². The van der Waals surface area contributed by atoms with Crippen molar-refractivity contribution in [2.45, 2.75) is 18.2 Å². The lowest BCUT2D eigenvalue weighted by molar-refractivity contribution is -0.119. The van der Waals surface area contributed by atoms with Gasteiger partial charge in [-0.1, -0.05) is 25.1 Å². The second-order valence-corrected chi connectivity index (χ2v) is 9.03. The van der Waals surface area contributed by atoms with E-state index in [1.54, 1.807) is 66.7 Å². The number of nitrogens with zero attached hydrogens (tertiary/aromatic N) is 1. The van der Waals surface area contributed by atoms with Gasteiger partial charge in [-0.25, -0.2) is 23.4 Å². The van der Waals surface area contributed by atoms with Crippen molar-refractivity contribution in [3.63, 3.8) is 0 Å². The summed E-state index contributed by atoms with van der Waals surface area (Å²) >= 11 is 0. The molecule has 10 heteroatoms. The van der Waals surface area contributed by atoms with Crippen molar-refractivity contribution in [1.29, 1.82) is 0 Å². The maximum Gasteiger partial charge on any atom is 0.343 e. The smallest absolute Gasteiger partial charge is 0.343 e. The molecule has 0 unspecified atom stereocenters. The molecule has 1 amide bonds. The zero-order chi connectivity index (χ0) is 25.1. The number of hydrazone groups is 1. The summed E-state index contributed by atoms with van der Waals surface area (Å²) < 4.78 is 37.3. The van der Waals surface area contributed by atoms with Gasteiger partial charge in [0.1, 0.15) is 11.5 Å². The first-order chi connectivity index (χ1) is 16.9. The molecule has 0 saturated heterocycles. The lowest BCUT2D eigenvalue weighted by Gasteiger charge is -2.07. The molecule has 0 spiro atoms. The Morgan fingerprint density at radius 3 is 2.23 bits per heavy atom. The average molecular weight is 496 g/mol. The van der Waals surface area contributed by atoms with E-state index >= 15 is 0 Å². The molecule has 35 heavy (non-hydrogen) atoms. The Labute approximate surface area is 203 Å². The zero-order valence-corrected chi connectivity index (χ0v) is 19.8. The molecule has 0 saturated carbocycles. The number of hydrogen-bond donors (Lipinski definition) is 2. The van der Waals surface area contributed by atoms with Crippen molar-refractivity contribution in [2.75, 3.05) is 13.2 Å². The largest absolute Gasteiger partial charge is 0.494 e. The molecule has 0 aliphatic carbocycles. The van der Waals surface area contributed by atoms with Crippen LogP contribution in [0.1, 0.15) is 29.3 Å². The second kappa shape index (κ2) is 12.4. The summed E-state index contributed by atoms with van der Waals surface area (Å²) in [5, 5.41) is 3.80. The molecule has 182 valence electrons. The van der Waals surface area contributed by atoms with E-state index in [-0.39, 0.29) is 4.90 Å². The summed E-state index contributed by atoms with van der Waals surface area (Å²) in [6.07, 6.45) is 2.28. The summed E-state index contributed by atoms with van der Waals surface area (Å²) in [4.78, 5) is 24.3.